The van der Waals surface area contributed by atoms with E-state index in [2.05, 4.69) is 20.8 Å². The second-order valence-electron chi connectivity index (χ2n) is 20.6. The summed E-state index contributed by atoms with van der Waals surface area (Å²) in [6, 6.07) is 0. The Morgan fingerprint density at radius 1 is 0.258 bits per heavy atom. The summed E-state index contributed by atoms with van der Waals surface area (Å²) in [4.78, 5) is 0. The van der Waals surface area contributed by atoms with E-state index in [1.165, 1.54) is 308 Å². The average Bonchev–Trinajstić information content (AvgIpc) is 3.33. The third-order valence-corrected chi connectivity index (χ3v) is 13.7. The molecule has 0 aromatic rings. The van der Waals surface area contributed by atoms with Crippen molar-refractivity contribution in [2.24, 2.45) is 0 Å². The topological polar surface area (TPSA) is 88.4 Å². The van der Waals surface area contributed by atoms with Crippen molar-refractivity contribution in [2.45, 2.75) is 341 Å². The van der Waals surface area contributed by atoms with Gasteiger partial charge in [0.05, 0.1) is 26.4 Å². The molecular formula is C60H124O6. The Hall–Kier alpha value is -0.240. The lowest BCUT2D eigenvalue weighted by atomic mass is 10.0. The predicted octanol–water partition coefficient (Wildman–Crippen LogP) is 18.5. The van der Waals surface area contributed by atoms with Crippen LogP contribution in [0.2, 0.25) is 0 Å². The Labute approximate surface area is 415 Å². The van der Waals surface area contributed by atoms with Gasteiger partial charge in [0, 0.05) is 19.8 Å². The number of unbranched alkanes of at least 4 members (excludes halogenated alkanes) is 45. The molecule has 0 spiro atoms. The number of aliphatic hydroxyl groups excluding tert-OH is 3. The summed E-state index contributed by atoms with van der Waals surface area (Å²) in [7, 11) is 0. The quantitative estimate of drug-likeness (QED) is 0.0527. The molecule has 0 aliphatic heterocycles. The highest BCUT2D eigenvalue weighted by Gasteiger charge is 2.10. The van der Waals surface area contributed by atoms with Gasteiger partial charge in [-0.05, 0) is 19.3 Å². The van der Waals surface area contributed by atoms with Gasteiger partial charge in [0.1, 0.15) is 12.2 Å². The molecule has 0 bridgehead atoms. The molecule has 0 aliphatic rings. The molecule has 66 heavy (non-hydrogen) atoms. The van der Waals surface area contributed by atoms with Crippen LogP contribution in [0.3, 0.4) is 0 Å². The SMILES string of the molecule is CCCCCCCCCCCCCCCCCCOCC(COCCCCCCCCCCCCCCCCCC)OCCCCCCCCCCCCCCCCCC.OCC(O)CO. The minimum Gasteiger partial charge on any atom is -0.394 e. The van der Waals surface area contributed by atoms with E-state index in [9.17, 15) is 0 Å². The van der Waals surface area contributed by atoms with Crippen molar-refractivity contribution in [1.82, 2.24) is 0 Å². The summed E-state index contributed by atoms with van der Waals surface area (Å²) in [5.41, 5.74) is 0. The van der Waals surface area contributed by atoms with Gasteiger partial charge in [-0.25, -0.2) is 0 Å². The average molecular weight is 942 g/mol. The van der Waals surface area contributed by atoms with Gasteiger partial charge < -0.3 is 29.5 Å². The predicted molar refractivity (Wildman–Crippen MR) is 290 cm³/mol. The summed E-state index contributed by atoms with van der Waals surface area (Å²) in [6.07, 6.45) is 66.7. The first kappa shape index (κ1) is 67.8. The summed E-state index contributed by atoms with van der Waals surface area (Å²) in [5, 5.41) is 24.0. The van der Waals surface area contributed by atoms with Crippen molar-refractivity contribution in [3.63, 3.8) is 0 Å². The van der Waals surface area contributed by atoms with Crippen molar-refractivity contribution in [2.75, 3.05) is 46.2 Å². The van der Waals surface area contributed by atoms with Crippen LogP contribution in [0.1, 0.15) is 329 Å². The minimum atomic E-state index is -0.954. The fourth-order valence-corrected chi connectivity index (χ4v) is 9.04. The molecule has 0 amide bonds. The molecule has 0 radical (unpaired) electrons. The monoisotopic (exact) mass is 941 g/mol. The van der Waals surface area contributed by atoms with E-state index in [0.29, 0.717) is 13.2 Å². The van der Waals surface area contributed by atoms with Crippen molar-refractivity contribution in [3.8, 4) is 0 Å². The van der Waals surface area contributed by atoms with Crippen molar-refractivity contribution >= 4 is 0 Å². The molecule has 0 atom stereocenters. The maximum atomic E-state index is 8.17. The highest BCUT2D eigenvalue weighted by atomic mass is 16.6. The first-order valence-corrected chi connectivity index (χ1v) is 30.3. The Morgan fingerprint density at radius 3 is 0.621 bits per heavy atom. The molecule has 6 nitrogen and oxygen atoms in total. The van der Waals surface area contributed by atoms with Crippen molar-refractivity contribution in [1.29, 1.82) is 0 Å². The summed E-state index contributed by atoms with van der Waals surface area (Å²) < 4.78 is 18.7. The number of hydrogen-bond donors (Lipinski definition) is 3. The van der Waals surface area contributed by atoms with Crippen LogP contribution in [-0.4, -0.2) is 73.8 Å². The van der Waals surface area contributed by atoms with E-state index >= 15 is 0 Å². The largest absolute Gasteiger partial charge is 0.394 e. The minimum absolute atomic E-state index is 0.0865. The molecule has 400 valence electrons. The first-order chi connectivity index (χ1) is 32.7. The third-order valence-electron chi connectivity index (χ3n) is 13.7. The molecule has 0 aliphatic carbocycles. The van der Waals surface area contributed by atoms with E-state index < -0.39 is 6.10 Å². The molecule has 3 N–H and O–H groups in total. The first-order valence-electron chi connectivity index (χ1n) is 30.3. The maximum Gasteiger partial charge on any atom is 0.104 e. The van der Waals surface area contributed by atoms with Gasteiger partial charge in [-0.2, -0.15) is 0 Å². The normalized spacial score (nSPS) is 11.6. The zero-order valence-corrected chi connectivity index (χ0v) is 45.6. The van der Waals surface area contributed by atoms with E-state index in [-0.39, 0.29) is 19.3 Å². The van der Waals surface area contributed by atoms with Crippen LogP contribution in [0.5, 0.6) is 0 Å². The van der Waals surface area contributed by atoms with Gasteiger partial charge in [-0.15, -0.1) is 0 Å². The zero-order valence-electron chi connectivity index (χ0n) is 45.6. The van der Waals surface area contributed by atoms with Gasteiger partial charge in [0.25, 0.3) is 0 Å². The fraction of sp³-hybridized carbons (Fsp3) is 1.00. The van der Waals surface area contributed by atoms with Crippen LogP contribution in [0.4, 0.5) is 0 Å². The molecule has 0 fully saturated rings. The van der Waals surface area contributed by atoms with Gasteiger partial charge in [0.2, 0.25) is 0 Å². The number of hydrogen-bond acceptors (Lipinski definition) is 6. The molecule has 0 saturated carbocycles. The Kier molecular flexibility index (Phi) is 66.6. The second-order valence-corrected chi connectivity index (χ2v) is 20.6. The lowest BCUT2D eigenvalue weighted by molar-refractivity contribution is -0.0616. The molecule has 6 heteroatoms. The fourth-order valence-electron chi connectivity index (χ4n) is 9.04. The van der Waals surface area contributed by atoms with Crippen LogP contribution < -0.4 is 0 Å². The van der Waals surface area contributed by atoms with Gasteiger partial charge >= 0.3 is 0 Å². The van der Waals surface area contributed by atoms with Gasteiger partial charge in [-0.3, -0.25) is 0 Å². The molecule has 0 aromatic carbocycles. The van der Waals surface area contributed by atoms with E-state index in [0.717, 1.165) is 19.8 Å². The smallest absolute Gasteiger partial charge is 0.104 e. The van der Waals surface area contributed by atoms with Crippen molar-refractivity contribution in [3.05, 3.63) is 0 Å². The summed E-state index contributed by atoms with van der Waals surface area (Å²) in [6.45, 7) is 10.2. The lowest BCUT2D eigenvalue weighted by Crippen LogP contribution is -2.26. The molecule has 0 rings (SSSR count). The highest BCUT2D eigenvalue weighted by molar-refractivity contribution is 4.58. The van der Waals surface area contributed by atoms with E-state index in [4.69, 9.17) is 29.5 Å². The summed E-state index contributed by atoms with van der Waals surface area (Å²) >= 11 is 0. The second kappa shape index (κ2) is 64.8. The highest BCUT2D eigenvalue weighted by Crippen LogP contribution is 2.17. The van der Waals surface area contributed by atoms with Crippen LogP contribution in [0, 0.1) is 0 Å². The molecule has 0 saturated heterocycles. The van der Waals surface area contributed by atoms with Crippen LogP contribution in [-0.2, 0) is 14.2 Å². The molecule has 0 heterocycles. The Balaban J connectivity index is 0. The Bertz CT molecular complexity index is 753. The lowest BCUT2D eigenvalue weighted by Gasteiger charge is -2.18. The standard InChI is InChI=1S/C57H116O3.C3H8O3/c1-4-7-10-13-16-19-22-25-28-31-34-37-40-43-46-49-52-58-55-57(60-54-51-48-45-42-39-36-33-30-27-24-21-18-15-12-9-6-3)56-59-53-50-47-44-41-38-35-32-29-26-23-20-17-14-11-8-5-2;4-1-3(6)2-5/h57H,4-56H2,1-3H3;3-6H,1-2H2. The van der Waals surface area contributed by atoms with E-state index in [1.54, 1.807) is 0 Å². The van der Waals surface area contributed by atoms with Crippen LogP contribution in [0.15, 0.2) is 0 Å². The molecular weight excluding hydrogens is 817 g/mol. The van der Waals surface area contributed by atoms with Crippen LogP contribution >= 0.6 is 0 Å². The van der Waals surface area contributed by atoms with Gasteiger partial charge in [-0.1, -0.05) is 310 Å². The third kappa shape index (κ3) is 63.8. The Morgan fingerprint density at radius 2 is 0.439 bits per heavy atom. The van der Waals surface area contributed by atoms with Crippen LogP contribution in [0.25, 0.3) is 0 Å². The summed E-state index contributed by atoms with van der Waals surface area (Å²) in [5.74, 6) is 0. The van der Waals surface area contributed by atoms with Gasteiger partial charge in [0.15, 0.2) is 0 Å². The van der Waals surface area contributed by atoms with E-state index in [1.807, 2.05) is 0 Å². The number of ether oxygens (including phenoxy) is 3. The number of aliphatic hydroxyl groups is 3. The molecule has 0 aromatic heterocycles. The maximum absolute atomic E-state index is 8.17. The number of rotatable bonds is 58. The zero-order chi connectivity index (χ0) is 48.2. The van der Waals surface area contributed by atoms with Crippen molar-refractivity contribution < 1.29 is 29.5 Å². The molecule has 0 unspecified atom stereocenters.